The lowest BCUT2D eigenvalue weighted by molar-refractivity contribution is 0.116. The van der Waals surface area contributed by atoms with Crippen molar-refractivity contribution >= 4 is 11.5 Å². The van der Waals surface area contributed by atoms with Crippen LogP contribution in [-0.4, -0.2) is 37.1 Å². The topological polar surface area (TPSA) is 75.3 Å². The second kappa shape index (κ2) is 4.70. The van der Waals surface area contributed by atoms with Gasteiger partial charge in [-0.1, -0.05) is 12.8 Å². The van der Waals surface area contributed by atoms with E-state index in [4.69, 9.17) is 0 Å². The number of hydrogen-bond acceptors (Lipinski definition) is 5. The molecule has 2 saturated carbocycles. The van der Waals surface area contributed by atoms with E-state index in [0.717, 1.165) is 43.0 Å². The number of rotatable bonds is 3. The fourth-order valence-electron chi connectivity index (χ4n) is 2.95. The predicted octanol–water partition coefficient (Wildman–Crippen LogP) is 1.72. The summed E-state index contributed by atoms with van der Waals surface area (Å²) < 4.78 is 1.84. The fraction of sp³-hybridized carbons (Fsp3) is 0.643. The van der Waals surface area contributed by atoms with Crippen LogP contribution in [0.4, 0.5) is 5.82 Å². The van der Waals surface area contributed by atoms with Gasteiger partial charge in [0.25, 0.3) is 0 Å². The highest BCUT2D eigenvalue weighted by molar-refractivity contribution is 5.45. The number of hydrogen-bond donors (Lipinski definition) is 2. The highest BCUT2D eigenvalue weighted by Crippen LogP contribution is 2.38. The van der Waals surface area contributed by atoms with Gasteiger partial charge in [-0.25, -0.2) is 0 Å². The van der Waals surface area contributed by atoms with Gasteiger partial charge in [0.15, 0.2) is 11.5 Å². The zero-order valence-corrected chi connectivity index (χ0v) is 11.4. The number of aliphatic hydroxyl groups is 1. The van der Waals surface area contributed by atoms with Crippen LogP contribution in [0.3, 0.4) is 0 Å². The third kappa shape index (κ3) is 2.14. The summed E-state index contributed by atoms with van der Waals surface area (Å²) in [7, 11) is 0. The van der Waals surface area contributed by atoms with Gasteiger partial charge in [-0.05, 0) is 37.8 Å². The van der Waals surface area contributed by atoms with Crippen molar-refractivity contribution in [1.82, 2.24) is 19.8 Å². The smallest absolute Gasteiger partial charge is 0.178 e. The summed E-state index contributed by atoms with van der Waals surface area (Å²) in [6, 6.07) is 3.96. The first-order chi connectivity index (χ1) is 9.81. The van der Waals surface area contributed by atoms with Gasteiger partial charge >= 0.3 is 0 Å². The Labute approximate surface area is 117 Å². The van der Waals surface area contributed by atoms with Crippen molar-refractivity contribution in [3.8, 4) is 0 Å². The van der Waals surface area contributed by atoms with E-state index in [2.05, 4.69) is 20.6 Å². The number of nitrogens with zero attached hydrogens (tertiary/aromatic N) is 4. The Hall–Kier alpha value is -1.69. The maximum Gasteiger partial charge on any atom is 0.178 e. The maximum atomic E-state index is 10.0. The molecule has 2 N–H and O–H groups in total. The standard InChI is InChI=1S/C14H19N5O/c20-11-4-2-1-3-10(11)15-12-7-8-13-16-17-14(9-5-6-9)19(13)18-12/h7-11,20H,1-6H2,(H,15,18)/t10-,11+/m1/s1. The Bertz CT molecular complexity index is 621. The van der Waals surface area contributed by atoms with Gasteiger partial charge in [-0.3, -0.25) is 0 Å². The van der Waals surface area contributed by atoms with Crippen molar-refractivity contribution in [2.24, 2.45) is 0 Å². The minimum atomic E-state index is -0.273. The molecule has 6 heteroatoms. The molecule has 2 aliphatic rings. The second-order valence-corrected chi connectivity index (χ2v) is 5.92. The largest absolute Gasteiger partial charge is 0.391 e. The summed E-state index contributed by atoms with van der Waals surface area (Å²) >= 11 is 0. The van der Waals surface area contributed by atoms with E-state index in [0.29, 0.717) is 5.92 Å². The van der Waals surface area contributed by atoms with Crippen molar-refractivity contribution in [3.05, 3.63) is 18.0 Å². The number of nitrogens with one attached hydrogen (secondary N) is 1. The van der Waals surface area contributed by atoms with Crippen molar-refractivity contribution in [1.29, 1.82) is 0 Å². The molecule has 0 amide bonds. The summed E-state index contributed by atoms with van der Waals surface area (Å²) in [5.41, 5.74) is 0.793. The normalized spacial score (nSPS) is 26.9. The van der Waals surface area contributed by atoms with Crippen LogP contribution in [-0.2, 0) is 0 Å². The average Bonchev–Trinajstić information content (AvgIpc) is 3.22. The molecule has 2 aromatic rings. The van der Waals surface area contributed by atoms with E-state index in [1.807, 2.05) is 16.6 Å². The molecule has 2 aliphatic carbocycles. The van der Waals surface area contributed by atoms with Crippen LogP contribution in [0.25, 0.3) is 5.65 Å². The van der Waals surface area contributed by atoms with Crippen LogP contribution in [0.15, 0.2) is 12.1 Å². The van der Waals surface area contributed by atoms with Gasteiger partial charge in [-0.15, -0.1) is 15.3 Å². The first-order valence-electron chi connectivity index (χ1n) is 7.48. The SMILES string of the molecule is O[C@H]1CCCC[C@H]1Nc1ccc2nnc(C3CC3)n2n1. The molecule has 0 aliphatic heterocycles. The molecule has 2 fully saturated rings. The molecule has 6 nitrogen and oxygen atoms in total. The van der Waals surface area contributed by atoms with Crippen LogP contribution in [0.1, 0.15) is 50.3 Å². The lowest BCUT2D eigenvalue weighted by Gasteiger charge is -2.28. The van der Waals surface area contributed by atoms with Crippen LogP contribution in [0.2, 0.25) is 0 Å². The van der Waals surface area contributed by atoms with Gasteiger partial charge in [-0.2, -0.15) is 4.52 Å². The lowest BCUT2D eigenvalue weighted by atomic mass is 9.93. The van der Waals surface area contributed by atoms with Gasteiger partial charge < -0.3 is 10.4 Å². The Morgan fingerprint density at radius 2 is 1.95 bits per heavy atom. The molecule has 2 aromatic heterocycles. The number of aliphatic hydroxyl groups excluding tert-OH is 1. The average molecular weight is 273 g/mol. The van der Waals surface area contributed by atoms with Crippen molar-refractivity contribution in [2.45, 2.75) is 56.6 Å². The van der Waals surface area contributed by atoms with Crippen LogP contribution >= 0.6 is 0 Å². The molecule has 20 heavy (non-hydrogen) atoms. The van der Waals surface area contributed by atoms with E-state index in [1.54, 1.807) is 0 Å². The van der Waals surface area contributed by atoms with Gasteiger partial charge in [0.05, 0.1) is 12.1 Å². The zero-order valence-electron chi connectivity index (χ0n) is 11.4. The molecular formula is C14H19N5O. The van der Waals surface area contributed by atoms with Crippen molar-refractivity contribution in [2.75, 3.05) is 5.32 Å². The third-order valence-electron chi connectivity index (χ3n) is 4.29. The van der Waals surface area contributed by atoms with Crippen LogP contribution < -0.4 is 5.32 Å². The summed E-state index contributed by atoms with van der Waals surface area (Å²) in [5, 5.41) is 26.4. The number of fused-ring (bicyclic) bond motifs is 1. The first kappa shape index (κ1) is 12.1. The Morgan fingerprint density at radius 3 is 2.75 bits per heavy atom. The van der Waals surface area contributed by atoms with E-state index in [1.165, 1.54) is 12.8 Å². The third-order valence-corrected chi connectivity index (χ3v) is 4.29. The van der Waals surface area contributed by atoms with Crippen LogP contribution in [0.5, 0.6) is 0 Å². The predicted molar refractivity (Wildman–Crippen MR) is 74.6 cm³/mol. The summed E-state index contributed by atoms with van der Waals surface area (Å²) in [4.78, 5) is 0. The molecule has 2 atom stereocenters. The molecule has 106 valence electrons. The molecular weight excluding hydrogens is 254 g/mol. The number of anilines is 1. The number of aromatic nitrogens is 4. The molecule has 4 rings (SSSR count). The molecule has 0 aromatic carbocycles. The second-order valence-electron chi connectivity index (χ2n) is 5.92. The monoisotopic (exact) mass is 273 g/mol. The molecule has 0 saturated heterocycles. The minimum Gasteiger partial charge on any atom is -0.391 e. The molecule has 0 spiro atoms. The van der Waals surface area contributed by atoms with E-state index < -0.39 is 0 Å². The van der Waals surface area contributed by atoms with E-state index >= 15 is 0 Å². The highest BCUT2D eigenvalue weighted by Gasteiger charge is 2.29. The maximum absolute atomic E-state index is 10.0. The lowest BCUT2D eigenvalue weighted by Crippen LogP contribution is -2.36. The van der Waals surface area contributed by atoms with Gasteiger partial charge in [0, 0.05) is 5.92 Å². The van der Waals surface area contributed by atoms with Crippen molar-refractivity contribution < 1.29 is 5.11 Å². The summed E-state index contributed by atoms with van der Waals surface area (Å²) in [5.74, 6) is 2.28. The summed E-state index contributed by atoms with van der Waals surface area (Å²) in [6.07, 6.45) is 6.24. The van der Waals surface area contributed by atoms with Crippen LogP contribution in [0, 0.1) is 0 Å². The molecule has 2 heterocycles. The van der Waals surface area contributed by atoms with Gasteiger partial charge in [0.2, 0.25) is 0 Å². The summed E-state index contributed by atoms with van der Waals surface area (Å²) in [6.45, 7) is 0. The molecule has 0 unspecified atom stereocenters. The van der Waals surface area contributed by atoms with E-state index in [-0.39, 0.29) is 12.1 Å². The fourth-order valence-corrected chi connectivity index (χ4v) is 2.95. The zero-order chi connectivity index (χ0) is 13.5. The minimum absolute atomic E-state index is 0.106. The first-order valence-corrected chi connectivity index (χ1v) is 7.48. The van der Waals surface area contributed by atoms with E-state index in [9.17, 15) is 5.11 Å². The highest BCUT2D eigenvalue weighted by atomic mass is 16.3. The quantitative estimate of drug-likeness (QED) is 0.890. The Balaban J connectivity index is 1.61. The molecule has 0 bridgehead atoms. The van der Waals surface area contributed by atoms with Crippen molar-refractivity contribution in [3.63, 3.8) is 0 Å². The molecule has 0 radical (unpaired) electrons. The van der Waals surface area contributed by atoms with Gasteiger partial charge in [0.1, 0.15) is 5.82 Å². The Kier molecular flexibility index (Phi) is 2.84. The Morgan fingerprint density at radius 1 is 1.10 bits per heavy atom.